The number of aliphatic hydroxyl groups is 5. The number of carbonyl (C=O) groups excluding carboxylic acids is 1. The molecule has 9 nitrogen and oxygen atoms in total. The Bertz CT molecular complexity index is 1220. The Hall–Kier alpha value is -2.63. The van der Waals surface area contributed by atoms with Crippen LogP contribution in [-0.2, 0) is 14.3 Å². The van der Waals surface area contributed by atoms with Crippen LogP contribution in [0.1, 0.15) is 181 Å². The van der Waals surface area contributed by atoms with Crippen LogP contribution in [0.15, 0.2) is 85.1 Å². The molecular weight excluding hydrogens is 767 g/mol. The zero-order chi connectivity index (χ0) is 44.4. The van der Waals surface area contributed by atoms with E-state index in [0.717, 1.165) is 51.4 Å². The van der Waals surface area contributed by atoms with Crippen LogP contribution < -0.4 is 5.32 Å². The lowest BCUT2D eigenvalue weighted by Gasteiger charge is -2.40. The first-order valence-corrected chi connectivity index (χ1v) is 24.3. The Balaban J connectivity index is 2.36. The van der Waals surface area contributed by atoms with Crippen molar-refractivity contribution in [2.24, 2.45) is 0 Å². The SMILES string of the molecule is CC/C=C\C/C=C\C/C=C\C/C=C\CCC(=O)NC(COC1OC(CO)C(O)C(O)C1O)C(O)/C=C/CC/C=C/CC/C=C/CCCCCCCCCCCCCCCCC. The van der Waals surface area contributed by atoms with Gasteiger partial charge in [0.2, 0.25) is 5.91 Å². The van der Waals surface area contributed by atoms with E-state index in [-0.39, 0.29) is 18.9 Å². The van der Waals surface area contributed by atoms with Gasteiger partial charge < -0.3 is 40.3 Å². The maximum absolute atomic E-state index is 12.9. The highest BCUT2D eigenvalue weighted by Crippen LogP contribution is 2.22. The van der Waals surface area contributed by atoms with Gasteiger partial charge >= 0.3 is 0 Å². The monoisotopic (exact) mass is 856 g/mol. The molecule has 1 fully saturated rings. The third kappa shape index (κ3) is 31.8. The van der Waals surface area contributed by atoms with E-state index >= 15 is 0 Å². The van der Waals surface area contributed by atoms with E-state index < -0.39 is 49.5 Å². The fourth-order valence-corrected chi connectivity index (χ4v) is 7.08. The molecule has 1 heterocycles. The summed E-state index contributed by atoms with van der Waals surface area (Å²) in [5.41, 5.74) is 0. The minimum Gasteiger partial charge on any atom is -0.394 e. The van der Waals surface area contributed by atoms with Crippen LogP contribution in [0.25, 0.3) is 0 Å². The summed E-state index contributed by atoms with van der Waals surface area (Å²) in [5, 5.41) is 54.1. The number of nitrogens with one attached hydrogen (secondary N) is 1. The van der Waals surface area contributed by atoms with E-state index in [4.69, 9.17) is 9.47 Å². The number of carbonyl (C=O) groups is 1. The Kier molecular flexibility index (Phi) is 38.3. The number of hydrogen-bond acceptors (Lipinski definition) is 8. The molecule has 61 heavy (non-hydrogen) atoms. The third-order valence-electron chi connectivity index (χ3n) is 10.9. The molecule has 1 amide bonds. The molecular formula is C52H89NO8. The highest BCUT2D eigenvalue weighted by molar-refractivity contribution is 5.76. The van der Waals surface area contributed by atoms with Gasteiger partial charge in [-0.25, -0.2) is 0 Å². The van der Waals surface area contributed by atoms with E-state index in [1.54, 1.807) is 6.08 Å². The van der Waals surface area contributed by atoms with E-state index in [1.165, 1.54) is 96.3 Å². The van der Waals surface area contributed by atoms with Crippen molar-refractivity contribution in [2.75, 3.05) is 13.2 Å². The van der Waals surface area contributed by atoms with Crippen LogP contribution in [0, 0.1) is 0 Å². The molecule has 0 aromatic heterocycles. The summed E-state index contributed by atoms with van der Waals surface area (Å²) in [5.74, 6) is -0.274. The maximum Gasteiger partial charge on any atom is 0.220 e. The van der Waals surface area contributed by atoms with Crippen molar-refractivity contribution in [3.05, 3.63) is 85.1 Å². The zero-order valence-electron chi connectivity index (χ0n) is 38.4. The molecule has 0 aliphatic carbocycles. The van der Waals surface area contributed by atoms with Gasteiger partial charge in [0, 0.05) is 6.42 Å². The molecule has 9 heteroatoms. The van der Waals surface area contributed by atoms with Gasteiger partial charge in [-0.2, -0.15) is 0 Å². The lowest BCUT2D eigenvalue weighted by atomic mass is 9.99. The third-order valence-corrected chi connectivity index (χ3v) is 10.9. The summed E-state index contributed by atoms with van der Waals surface area (Å²) in [7, 11) is 0. The number of amides is 1. The molecule has 0 bridgehead atoms. The maximum atomic E-state index is 12.9. The highest BCUT2D eigenvalue weighted by Gasteiger charge is 2.44. The Morgan fingerprint density at radius 3 is 1.56 bits per heavy atom. The zero-order valence-corrected chi connectivity index (χ0v) is 38.4. The standard InChI is InChI=1S/C52H89NO8/c1-3-5-7-9-11-13-15-17-18-19-20-21-22-23-24-25-26-27-28-30-31-33-35-37-39-41-46(55)45(44-60-52-51(59)50(58)49(57)47(43-54)61-52)53-48(56)42-40-38-36-34-32-29-16-14-12-10-8-6-4-2/h6,8,12,14,26-27,29,31-33,36,38-39,41,45-47,49-52,54-55,57-59H,3-5,7,9-11,13,15-25,28,30,34-35,37,40,42-44H2,1-2H3,(H,53,56)/b8-6-,14-12-,27-26+,32-29-,33-31+,38-36-,41-39+. The molecule has 0 spiro atoms. The fraction of sp³-hybridized carbons (Fsp3) is 0.712. The predicted octanol–water partition coefficient (Wildman–Crippen LogP) is 10.7. The quantitative estimate of drug-likeness (QED) is 0.0264. The van der Waals surface area contributed by atoms with E-state index in [2.05, 4.69) is 79.9 Å². The lowest BCUT2D eigenvalue weighted by Crippen LogP contribution is -2.60. The number of unbranched alkanes of at least 4 members (excludes halogenated alkanes) is 17. The van der Waals surface area contributed by atoms with Gasteiger partial charge in [-0.1, -0.05) is 189 Å². The number of hydrogen-bond donors (Lipinski definition) is 6. The van der Waals surface area contributed by atoms with E-state index in [1.807, 2.05) is 18.2 Å². The van der Waals surface area contributed by atoms with Crippen LogP contribution in [-0.4, -0.2) is 87.5 Å². The molecule has 0 saturated carbocycles. The largest absolute Gasteiger partial charge is 0.394 e. The summed E-state index contributed by atoms with van der Waals surface area (Å²) in [4.78, 5) is 12.9. The average Bonchev–Trinajstić information content (AvgIpc) is 3.26. The Labute approximate surface area is 371 Å². The number of ether oxygens (including phenoxy) is 2. The van der Waals surface area contributed by atoms with Crippen molar-refractivity contribution in [3.63, 3.8) is 0 Å². The molecule has 0 aromatic rings. The lowest BCUT2D eigenvalue weighted by molar-refractivity contribution is -0.302. The predicted molar refractivity (Wildman–Crippen MR) is 253 cm³/mol. The molecule has 6 N–H and O–H groups in total. The molecule has 7 unspecified atom stereocenters. The number of aliphatic hydroxyl groups excluding tert-OH is 5. The van der Waals surface area contributed by atoms with Crippen molar-refractivity contribution in [1.82, 2.24) is 5.32 Å². The van der Waals surface area contributed by atoms with Crippen LogP contribution in [0.5, 0.6) is 0 Å². The smallest absolute Gasteiger partial charge is 0.220 e. The average molecular weight is 856 g/mol. The molecule has 0 aromatic carbocycles. The van der Waals surface area contributed by atoms with Crippen molar-refractivity contribution in [1.29, 1.82) is 0 Å². The van der Waals surface area contributed by atoms with Crippen LogP contribution >= 0.6 is 0 Å². The summed E-state index contributed by atoms with van der Waals surface area (Å²) in [6, 6.07) is -0.870. The molecule has 1 rings (SSSR count). The molecule has 1 aliphatic rings. The van der Waals surface area contributed by atoms with Crippen molar-refractivity contribution < 1.29 is 39.8 Å². The summed E-state index contributed by atoms with van der Waals surface area (Å²) in [6.45, 7) is 3.58. The highest BCUT2D eigenvalue weighted by atomic mass is 16.7. The first-order chi connectivity index (χ1) is 29.8. The summed E-state index contributed by atoms with van der Waals surface area (Å²) >= 11 is 0. The molecule has 1 aliphatic heterocycles. The number of rotatable bonds is 39. The fourth-order valence-electron chi connectivity index (χ4n) is 7.08. The second kappa shape index (κ2) is 41.4. The van der Waals surface area contributed by atoms with Crippen molar-refractivity contribution in [2.45, 2.75) is 224 Å². The van der Waals surface area contributed by atoms with Gasteiger partial charge in [0.05, 0.1) is 25.4 Å². The molecule has 7 atom stereocenters. The van der Waals surface area contributed by atoms with Gasteiger partial charge in [-0.3, -0.25) is 4.79 Å². The van der Waals surface area contributed by atoms with Crippen LogP contribution in [0.2, 0.25) is 0 Å². The normalized spacial score (nSPS) is 21.2. The Morgan fingerprint density at radius 1 is 0.574 bits per heavy atom. The Morgan fingerprint density at radius 2 is 1.03 bits per heavy atom. The first kappa shape index (κ1) is 56.4. The molecule has 0 radical (unpaired) electrons. The summed E-state index contributed by atoms with van der Waals surface area (Å²) in [6.07, 6.45) is 50.9. The van der Waals surface area contributed by atoms with Crippen molar-refractivity contribution in [3.8, 4) is 0 Å². The second-order valence-corrected chi connectivity index (χ2v) is 16.5. The number of allylic oxidation sites excluding steroid dienone is 13. The minimum absolute atomic E-state index is 0.209. The topological polar surface area (TPSA) is 149 Å². The van der Waals surface area contributed by atoms with E-state index in [9.17, 15) is 30.3 Å². The van der Waals surface area contributed by atoms with Gasteiger partial charge in [0.1, 0.15) is 24.4 Å². The van der Waals surface area contributed by atoms with Crippen LogP contribution in [0.3, 0.4) is 0 Å². The minimum atomic E-state index is -1.59. The van der Waals surface area contributed by atoms with Gasteiger partial charge in [-0.15, -0.1) is 0 Å². The van der Waals surface area contributed by atoms with Gasteiger partial charge in [0.25, 0.3) is 0 Å². The first-order valence-electron chi connectivity index (χ1n) is 24.3. The second-order valence-electron chi connectivity index (χ2n) is 16.5. The van der Waals surface area contributed by atoms with Gasteiger partial charge in [0.15, 0.2) is 6.29 Å². The molecule has 350 valence electrons. The van der Waals surface area contributed by atoms with E-state index in [0.29, 0.717) is 12.8 Å². The van der Waals surface area contributed by atoms with Gasteiger partial charge in [-0.05, 0) is 70.6 Å². The summed E-state index contributed by atoms with van der Waals surface area (Å²) < 4.78 is 11.2. The van der Waals surface area contributed by atoms with Crippen molar-refractivity contribution >= 4 is 5.91 Å². The van der Waals surface area contributed by atoms with Crippen LogP contribution in [0.4, 0.5) is 0 Å². The molecule has 1 saturated heterocycles.